The number of hydrogen-bond donors (Lipinski definition) is 3. The average molecular weight is 284 g/mol. The van der Waals surface area contributed by atoms with Gasteiger partial charge in [-0.2, -0.15) is 0 Å². The first-order valence-corrected chi connectivity index (χ1v) is 6.46. The SMILES string of the molecule is Cc1cc(Cl)ccc1NC(=O)CCCCNC(N)=O. The summed E-state index contributed by atoms with van der Waals surface area (Å²) in [4.78, 5) is 22.1. The lowest BCUT2D eigenvalue weighted by atomic mass is 10.2. The molecule has 0 heterocycles. The zero-order valence-corrected chi connectivity index (χ0v) is 11.6. The molecule has 104 valence electrons. The molecule has 1 aromatic carbocycles. The number of amides is 3. The van der Waals surface area contributed by atoms with Crippen LogP contribution in [0.25, 0.3) is 0 Å². The summed E-state index contributed by atoms with van der Waals surface area (Å²) in [6, 6.07) is 4.78. The van der Waals surface area contributed by atoms with E-state index in [9.17, 15) is 9.59 Å². The molecule has 1 aromatic rings. The monoisotopic (exact) mass is 283 g/mol. The van der Waals surface area contributed by atoms with Gasteiger partial charge in [-0.05, 0) is 43.5 Å². The number of aryl methyl sites for hydroxylation is 1. The number of unbranched alkanes of at least 4 members (excludes halogenated alkanes) is 1. The summed E-state index contributed by atoms with van der Waals surface area (Å²) in [6.45, 7) is 2.38. The molecule has 6 heteroatoms. The summed E-state index contributed by atoms with van der Waals surface area (Å²) in [6.07, 6.45) is 1.82. The molecule has 19 heavy (non-hydrogen) atoms. The van der Waals surface area contributed by atoms with Crippen LogP contribution in [-0.2, 0) is 4.79 Å². The van der Waals surface area contributed by atoms with Crippen LogP contribution in [0, 0.1) is 6.92 Å². The summed E-state index contributed by atoms with van der Waals surface area (Å²) in [5, 5.41) is 5.95. The summed E-state index contributed by atoms with van der Waals surface area (Å²) >= 11 is 5.84. The predicted molar refractivity (Wildman–Crippen MR) is 76.3 cm³/mol. The highest BCUT2D eigenvalue weighted by molar-refractivity contribution is 6.30. The minimum atomic E-state index is -0.541. The van der Waals surface area contributed by atoms with Gasteiger partial charge in [0.05, 0.1) is 0 Å². The second kappa shape index (κ2) is 7.63. The van der Waals surface area contributed by atoms with E-state index in [1.165, 1.54) is 0 Å². The normalized spacial score (nSPS) is 10.0. The molecule has 3 amide bonds. The lowest BCUT2D eigenvalue weighted by molar-refractivity contribution is -0.116. The maximum absolute atomic E-state index is 11.7. The van der Waals surface area contributed by atoms with Gasteiger partial charge in [-0.3, -0.25) is 4.79 Å². The van der Waals surface area contributed by atoms with Crippen molar-refractivity contribution in [3.8, 4) is 0 Å². The number of primary amides is 1. The molecule has 0 saturated carbocycles. The number of nitrogens with one attached hydrogen (secondary N) is 2. The van der Waals surface area contributed by atoms with Crippen LogP contribution in [0.15, 0.2) is 18.2 Å². The molecule has 0 fully saturated rings. The highest BCUT2D eigenvalue weighted by Gasteiger charge is 2.05. The Kier molecular flexibility index (Phi) is 6.15. The van der Waals surface area contributed by atoms with E-state index < -0.39 is 6.03 Å². The molecule has 0 aliphatic heterocycles. The van der Waals surface area contributed by atoms with E-state index in [0.29, 0.717) is 24.4 Å². The summed E-state index contributed by atoms with van der Waals surface area (Å²) in [5.74, 6) is -0.0514. The molecule has 0 bridgehead atoms. The van der Waals surface area contributed by atoms with E-state index in [1.54, 1.807) is 18.2 Å². The number of carbonyl (C=O) groups is 2. The second-order valence-electron chi connectivity index (χ2n) is 4.26. The fraction of sp³-hybridized carbons (Fsp3) is 0.385. The minimum absolute atomic E-state index is 0.0514. The van der Waals surface area contributed by atoms with E-state index in [0.717, 1.165) is 17.7 Å². The summed E-state index contributed by atoms with van der Waals surface area (Å²) in [5.41, 5.74) is 6.62. The zero-order chi connectivity index (χ0) is 14.3. The topological polar surface area (TPSA) is 84.2 Å². The molecule has 0 saturated heterocycles. The fourth-order valence-corrected chi connectivity index (χ4v) is 1.83. The third kappa shape index (κ3) is 6.10. The molecular formula is C13H18ClN3O2. The van der Waals surface area contributed by atoms with Crippen molar-refractivity contribution in [3.05, 3.63) is 28.8 Å². The first-order valence-electron chi connectivity index (χ1n) is 6.08. The molecule has 0 spiro atoms. The van der Waals surface area contributed by atoms with Crippen molar-refractivity contribution in [2.75, 3.05) is 11.9 Å². The minimum Gasteiger partial charge on any atom is -0.352 e. The highest BCUT2D eigenvalue weighted by Crippen LogP contribution is 2.19. The van der Waals surface area contributed by atoms with Gasteiger partial charge in [0.1, 0.15) is 0 Å². The van der Waals surface area contributed by atoms with Crippen molar-refractivity contribution >= 4 is 29.2 Å². The van der Waals surface area contributed by atoms with Crippen molar-refractivity contribution in [2.24, 2.45) is 5.73 Å². The number of carbonyl (C=O) groups excluding carboxylic acids is 2. The standard InChI is InChI=1S/C13H18ClN3O2/c1-9-8-10(14)5-6-11(9)17-12(18)4-2-3-7-16-13(15)19/h5-6,8H,2-4,7H2,1H3,(H,17,18)(H3,15,16,19). The number of benzene rings is 1. The maximum atomic E-state index is 11.7. The molecule has 0 aliphatic rings. The first-order chi connectivity index (χ1) is 8.99. The van der Waals surface area contributed by atoms with Crippen LogP contribution in [0.1, 0.15) is 24.8 Å². The second-order valence-corrected chi connectivity index (χ2v) is 4.69. The van der Waals surface area contributed by atoms with E-state index in [1.807, 2.05) is 6.92 Å². The van der Waals surface area contributed by atoms with Crippen LogP contribution in [0.2, 0.25) is 5.02 Å². The van der Waals surface area contributed by atoms with Gasteiger partial charge in [-0.1, -0.05) is 11.6 Å². The quantitative estimate of drug-likeness (QED) is 0.701. The van der Waals surface area contributed by atoms with Gasteiger partial charge >= 0.3 is 6.03 Å². The average Bonchev–Trinajstić information content (AvgIpc) is 2.32. The molecule has 1 rings (SSSR count). The Morgan fingerprint density at radius 1 is 1.32 bits per heavy atom. The van der Waals surface area contributed by atoms with Gasteiger partial charge < -0.3 is 16.4 Å². The Labute approximate surface area is 117 Å². The Hall–Kier alpha value is -1.75. The van der Waals surface area contributed by atoms with Gasteiger partial charge in [0, 0.05) is 23.7 Å². The van der Waals surface area contributed by atoms with E-state index in [4.69, 9.17) is 17.3 Å². The van der Waals surface area contributed by atoms with Crippen LogP contribution in [0.3, 0.4) is 0 Å². The van der Waals surface area contributed by atoms with Crippen molar-refractivity contribution in [1.82, 2.24) is 5.32 Å². The molecular weight excluding hydrogens is 266 g/mol. The molecule has 0 radical (unpaired) electrons. The number of halogens is 1. The van der Waals surface area contributed by atoms with Gasteiger partial charge in [-0.25, -0.2) is 4.79 Å². The molecule has 4 N–H and O–H groups in total. The smallest absolute Gasteiger partial charge is 0.312 e. The third-order valence-electron chi connectivity index (χ3n) is 2.59. The van der Waals surface area contributed by atoms with Gasteiger partial charge in [-0.15, -0.1) is 0 Å². The highest BCUT2D eigenvalue weighted by atomic mass is 35.5. The molecule has 0 atom stereocenters. The third-order valence-corrected chi connectivity index (χ3v) is 2.83. The van der Waals surface area contributed by atoms with Crippen molar-refractivity contribution in [3.63, 3.8) is 0 Å². The van der Waals surface area contributed by atoms with Crippen LogP contribution >= 0.6 is 11.6 Å². The van der Waals surface area contributed by atoms with Crippen molar-refractivity contribution < 1.29 is 9.59 Å². The number of hydrogen-bond acceptors (Lipinski definition) is 2. The summed E-state index contributed by atoms with van der Waals surface area (Å²) in [7, 11) is 0. The maximum Gasteiger partial charge on any atom is 0.312 e. The van der Waals surface area contributed by atoms with Gasteiger partial charge in [0.15, 0.2) is 0 Å². The van der Waals surface area contributed by atoms with Crippen LogP contribution in [-0.4, -0.2) is 18.5 Å². The van der Waals surface area contributed by atoms with Crippen LogP contribution in [0.5, 0.6) is 0 Å². The van der Waals surface area contributed by atoms with Crippen LogP contribution < -0.4 is 16.4 Å². The number of rotatable bonds is 6. The Bertz CT molecular complexity index is 463. The fourth-order valence-electron chi connectivity index (χ4n) is 1.60. The molecule has 0 aromatic heterocycles. The van der Waals surface area contributed by atoms with Crippen LogP contribution in [0.4, 0.5) is 10.5 Å². The van der Waals surface area contributed by atoms with Crippen molar-refractivity contribution in [2.45, 2.75) is 26.2 Å². The van der Waals surface area contributed by atoms with Gasteiger partial charge in [0.25, 0.3) is 0 Å². The van der Waals surface area contributed by atoms with Gasteiger partial charge in [0.2, 0.25) is 5.91 Å². The van der Waals surface area contributed by atoms with E-state index in [-0.39, 0.29) is 5.91 Å². The number of nitrogens with two attached hydrogens (primary N) is 1. The molecule has 5 nitrogen and oxygen atoms in total. The Morgan fingerprint density at radius 2 is 2.05 bits per heavy atom. The van der Waals surface area contributed by atoms with E-state index in [2.05, 4.69) is 10.6 Å². The molecule has 0 aliphatic carbocycles. The van der Waals surface area contributed by atoms with E-state index >= 15 is 0 Å². The lowest BCUT2D eigenvalue weighted by Crippen LogP contribution is -2.30. The number of anilines is 1. The Morgan fingerprint density at radius 3 is 2.68 bits per heavy atom. The lowest BCUT2D eigenvalue weighted by Gasteiger charge is -2.08. The first kappa shape index (κ1) is 15.3. The number of urea groups is 1. The largest absolute Gasteiger partial charge is 0.352 e. The summed E-state index contributed by atoms with van der Waals surface area (Å²) < 4.78 is 0. The zero-order valence-electron chi connectivity index (χ0n) is 10.8. The van der Waals surface area contributed by atoms with Crippen molar-refractivity contribution in [1.29, 1.82) is 0 Å². The predicted octanol–water partition coefficient (Wildman–Crippen LogP) is 2.43. The molecule has 0 unspecified atom stereocenters. The Balaban J connectivity index is 2.29.